The molecule has 1 rings (SSSR count). The van der Waals surface area contributed by atoms with Gasteiger partial charge in [0.25, 0.3) is 0 Å². The van der Waals surface area contributed by atoms with E-state index in [0.29, 0.717) is 6.04 Å². The van der Waals surface area contributed by atoms with Crippen molar-refractivity contribution in [2.75, 3.05) is 6.54 Å². The summed E-state index contributed by atoms with van der Waals surface area (Å²) in [7, 11) is 0. The zero-order valence-corrected chi connectivity index (χ0v) is 8.69. The zero-order valence-electron chi connectivity index (χ0n) is 8.69. The van der Waals surface area contributed by atoms with E-state index in [1.807, 2.05) is 0 Å². The Bertz CT molecular complexity index is 206. The third-order valence-corrected chi connectivity index (χ3v) is 2.53. The van der Waals surface area contributed by atoms with Crippen LogP contribution in [0.25, 0.3) is 0 Å². The van der Waals surface area contributed by atoms with Crippen molar-refractivity contribution in [1.82, 2.24) is 5.32 Å². The van der Waals surface area contributed by atoms with Crippen molar-refractivity contribution >= 4 is 5.71 Å². The lowest BCUT2D eigenvalue weighted by molar-refractivity contribution is 0.547. The summed E-state index contributed by atoms with van der Waals surface area (Å²) < 4.78 is 0. The highest BCUT2D eigenvalue weighted by Gasteiger charge is 2.17. The van der Waals surface area contributed by atoms with Crippen LogP contribution in [0, 0.1) is 5.41 Å². The maximum atomic E-state index is 7.91. The van der Waals surface area contributed by atoms with Gasteiger partial charge in [-0.2, -0.15) is 0 Å². The highest BCUT2D eigenvalue weighted by molar-refractivity contribution is 5.98. The van der Waals surface area contributed by atoms with Crippen molar-refractivity contribution in [2.45, 2.75) is 45.6 Å². The Labute approximate surface area is 80.9 Å². The Kier molecular flexibility index (Phi) is 4.16. The van der Waals surface area contributed by atoms with Crippen LogP contribution < -0.4 is 5.32 Å². The fourth-order valence-corrected chi connectivity index (χ4v) is 1.83. The van der Waals surface area contributed by atoms with E-state index in [2.05, 4.69) is 25.2 Å². The van der Waals surface area contributed by atoms with Gasteiger partial charge in [-0.05, 0) is 31.4 Å². The second-order valence-electron chi connectivity index (χ2n) is 3.59. The molecule has 2 N–H and O–H groups in total. The van der Waals surface area contributed by atoms with Crippen LogP contribution in [0.2, 0.25) is 0 Å². The van der Waals surface area contributed by atoms with Crippen molar-refractivity contribution in [1.29, 1.82) is 5.41 Å². The van der Waals surface area contributed by atoms with E-state index in [9.17, 15) is 0 Å². The maximum Gasteiger partial charge on any atom is 0.0358 e. The molecule has 0 aliphatic carbocycles. The average Bonchev–Trinajstić information content (AvgIpc) is 2.18. The lowest BCUT2D eigenvalue weighted by Crippen LogP contribution is -2.36. The van der Waals surface area contributed by atoms with Crippen LogP contribution in [0.4, 0.5) is 0 Å². The molecule has 0 spiro atoms. The molecule has 2 heteroatoms. The Morgan fingerprint density at radius 3 is 3.00 bits per heavy atom. The van der Waals surface area contributed by atoms with Gasteiger partial charge in [-0.3, -0.25) is 0 Å². The summed E-state index contributed by atoms with van der Waals surface area (Å²) in [6.07, 6.45) is 6.41. The SMILES string of the molecule is CCCC(=N)C1=CCCNC1CC. The molecule has 0 amide bonds. The second kappa shape index (κ2) is 5.18. The molecule has 2 nitrogen and oxygen atoms in total. The molecule has 0 saturated carbocycles. The Balaban J connectivity index is 2.63. The molecule has 0 saturated heterocycles. The fourth-order valence-electron chi connectivity index (χ4n) is 1.83. The zero-order chi connectivity index (χ0) is 9.68. The lowest BCUT2D eigenvalue weighted by Gasteiger charge is -2.25. The van der Waals surface area contributed by atoms with E-state index in [4.69, 9.17) is 5.41 Å². The maximum absolute atomic E-state index is 7.91. The summed E-state index contributed by atoms with van der Waals surface area (Å²) in [6.45, 7) is 5.38. The normalized spacial score (nSPS) is 22.6. The first-order chi connectivity index (χ1) is 6.29. The van der Waals surface area contributed by atoms with Crippen molar-refractivity contribution in [2.24, 2.45) is 0 Å². The lowest BCUT2D eigenvalue weighted by atomic mass is 9.93. The van der Waals surface area contributed by atoms with E-state index in [0.717, 1.165) is 37.9 Å². The largest absolute Gasteiger partial charge is 0.310 e. The van der Waals surface area contributed by atoms with Gasteiger partial charge in [-0.25, -0.2) is 0 Å². The van der Waals surface area contributed by atoms with Crippen molar-refractivity contribution in [3.05, 3.63) is 11.6 Å². The van der Waals surface area contributed by atoms with Crippen molar-refractivity contribution in [3.63, 3.8) is 0 Å². The average molecular weight is 180 g/mol. The molecule has 0 fully saturated rings. The third-order valence-electron chi connectivity index (χ3n) is 2.53. The van der Waals surface area contributed by atoms with Gasteiger partial charge in [-0.1, -0.05) is 26.3 Å². The Hall–Kier alpha value is -0.630. The monoisotopic (exact) mass is 180 g/mol. The highest BCUT2D eigenvalue weighted by Crippen LogP contribution is 2.15. The van der Waals surface area contributed by atoms with Gasteiger partial charge in [0, 0.05) is 11.8 Å². The minimum atomic E-state index is 0.438. The van der Waals surface area contributed by atoms with E-state index < -0.39 is 0 Å². The predicted molar refractivity (Wildman–Crippen MR) is 57.4 cm³/mol. The number of nitrogens with one attached hydrogen (secondary N) is 2. The molecule has 0 aromatic heterocycles. The van der Waals surface area contributed by atoms with Crippen LogP contribution in [0.3, 0.4) is 0 Å². The Morgan fingerprint density at radius 1 is 1.62 bits per heavy atom. The first-order valence-corrected chi connectivity index (χ1v) is 5.30. The molecule has 0 aromatic carbocycles. The molecule has 1 aliphatic rings. The van der Waals surface area contributed by atoms with E-state index in [-0.39, 0.29) is 0 Å². The summed E-state index contributed by atoms with van der Waals surface area (Å²) >= 11 is 0. The molecule has 1 unspecified atom stereocenters. The van der Waals surface area contributed by atoms with Gasteiger partial charge >= 0.3 is 0 Å². The van der Waals surface area contributed by atoms with Crippen LogP contribution in [0.15, 0.2) is 11.6 Å². The first-order valence-electron chi connectivity index (χ1n) is 5.30. The molecule has 1 aliphatic heterocycles. The van der Waals surface area contributed by atoms with E-state index >= 15 is 0 Å². The first kappa shape index (κ1) is 10.5. The van der Waals surface area contributed by atoms with Gasteiger partial charge in [0.15, 0.2) is 0 Å². The van der Waals surface area contributed by atoms with Crippen LogP contribution in [-0.2, 0) is 0 Å². The quantitative estimate of drug-likeness (QED) is 0.641. The molecule has 0 bridgehead atoms. The van der Waals surface area contributed by atoms with Gasteiger partial charge in [0.2, 0.25) is 0 Å². The standard InChI is InChI=1S/C11H20N2/c1-3-6-10(12)9-7-5-8-13-11(9)4-2/h7,11-13H,3-6,8H2,1-2H3. The summed E-state index contributed by atoms with van der Waals surface area (Å²) in [6, 6.07) is 0.438. The smallest absolute Gasteiger partial charge is 0.0358 e. The van der Waals surface area contributed by atoms with E-state index in [1.165, 1.54) is 5.57 Å². The number of rotatable bonds is 4. The summed E-state index contributed by atoms with van der Waals surface area (Å²) in [4.78, 5) is 0. The molecule has 1 heterocycles. The van der Waals surface area contributed by atoms with Gasteiger partial charge in [0.1, 0.15) is 0 Å². The molecular weight excluding hydrogens is 160 g/mol. The summed E-state index contributed by atoms with van der Waals surface area (Å²) in [5.74, 6) is 0. The molecule has 0 aromatic rings. The van der Waals surface area contributed by atoms with E-state index in [1.54, 1.807) is 0 Å². The summed E-state index contributed by atoms with van der Waals surface area (Å²) in [5, 5.41) is 11.4. The minimum absolute atomic E-state index is 0.438. The molecular formula is C11H20N2. The third kappa shape index (κ3) is 2.66. The number of hydrogen-bond acceptors (Lipinski definition) is 2. The molecule has 1 atom stereocenters. The Morgan fingerprint density at radius 2 is 2.38 bits per heavy atom. The molecule has 13 heavy (non-hydrogen) atoms. The molecule has 74 valence electrons. The summed E-state index contributed by atoms with van der Waals surface area (Å²) in [5.41, 5.74) is 2.08. The van der Waals surface area contributed by atoms with Crippen LogP contribution in [0.1, 0.15) is 39.5 Å². The van der Waals surface area contributed by atoms with Crippen LogP contribution in [-0.4, -0.2) is 18.3 Å². The minimum Gasteiger partial charge on any atom is -0.310 e. The van der Waals surface area contributed by atoms with Gasteiger partial charge < -0.3 is 10.7 Å². The number of hydrogen-bond donors (Lipinski definition) is 2. The molecule has 0 radical (unpaired) electrons. The van der Waals surface area contributed by atoms with Crippen molar-refractivity contribution < 1.29 is 0 Å². The van der Waals surface area contributed by atoms with Crippen molar-refractivity contribution in [3.8, 4) is 0 Å². The predicted octanol–water partition coefficient (Wildman–Crippen LogP) is 2.50. The second-order valence-corrected chi connectivity index (χ2v) is 3.59. The van der Waals surface area contributed by atoms with Crippen LogP contribution >= 0.6 is 0 Å². The van der Waals surface area contributed by atoms with Gasteiger partial charge in [-0.15, -0.1) is 0 Å². The topological polar surface area (TPSA) is 35.9 Å². The van der Waals surface area contributed by atoms with Gasteiger partial charge in [0.05, 0.1) is 0 Å². The highest BCUT2D eigenvalue weighted by atomic mass is 14.9. The fraction of sp³-hybridized carbons (Fsp3) is 0.727. The van der Waals surface area contributed by atoms with Crippen LogP contribution in [0.5, 0.6) is 0 Å².